The van der Waals surface area contributed by atoms with Gasteiger partial charge in [0.25, 0.3) is 5.56 Å². The van der Waals surface area contributed by atoms with Crippen molar-refractivity contribution in [1.82, 2.24) is 14.5 Å². The van der Waals surface area contributed by atoms with E-state index < -0.39 is 17.2 Å². The number of hydrogen-bond acceptors (Lipinski definition) is 5. The summed E-state index contributed by atoms with van der Waals surface area (Å²) < 4.78 is 7.39. The van der Waals surface area contributed by atoms with Crippen LogP contribution in [0, 0.1) is 0 Å². The number of amides is 2. The summed E-state index contributed by atoms with van der Waals surface area (Å²) in [6.07, 6.45) is 0.638. The second-order valence-corrected chi connectivity index (χ2v) is 8.45. The Bertz CT molecular complexity index is 1510. The highest BCUT2D eigenvalue weighted by Crippen LogP contribution is 2.15. The van der Waals surface area contributed by atoms with E-state index in [0.29, 0.717) is 35.3 Å². The maximum absolute atomic E-state index is 13.3. The number of carbonyl (C=O) groups is 2. The first-order valence-corrected chi connectivity index (χ1v) is 11.9. The summed E-state index contributed by atoms with van der Waals surface area (Å²) in [4.78, 5) is 51.5. The molecular weight excluding hydrogens is 472 g/mol. The lowest BCUT2D eigenvalue weighted by Gasteiger charge is -2.14. The van der Waals surface area contributed by atoms with Gasteiger partial charge < -0.3 is 15.4 Å². The van der Waals surface area contributed by atoms with E-state index in [1.165, 1.54) is 4.57 Å². The highest BCUT2D eigenvalue weighted by atomic mass is 16.5. The molecule has 0 radical (unpaired) electrons. The summed E-state index contributed by atoms with van der Waals surface area (Å²) in [6.45, 7) is 0.0555. The summed E-state index contributed by atoms with van der Waals surface area (Å²) in [6, 6.07) is 23.2. The molecule has 0 aliphatic carbocycles. The van der Waals surface area contributed by atoms with Crippen LogP contribution in [-0.2, 0) is 29.1 Å². The van der Waals surface area contributed by atoms with Crippen molar-refractivity contribution in [3.63, 3.8) is 0 Å². The van der Waals surface area contributed by atoms with Crippen LogP contribution in [0.15, 0.2) is 88.5 Å². The van der Waals surface area contributed by atoms with Gasteiger partial charge >= 0.3 is 5.69 Å². The van der Waals surface area contributed by atoms with Crippen LogP contribution in [0.1, 0.15) is 12.0 Å². The first-order valence-electron chi connectivity index (χ1n) is 11.9. The number of anilines is 1. The third-order valence-electron chi connectivity index (χ3n) is 5.95. The van der Waals surface area contributed by atoms with Crippen molar-refractivity contribution in [2.75, 3.05) is 19.0 Å². The van der Waals surface area contributed by atoms with E-state index in [0.717, 1.165) is 10.1 Å². The highest BCUT2D eigenvalue weighted by Gasteiger charge is 2.16. The minimum absolute atomic E-state index is 0.0413. The van der Waals surface area contributed by atoms with Gasteiger partial charge in [0.05, 0.1) is 18.0 Å². The quantitative estimate of drug-likeness (QED) is 0.348. The fourth-order valence-corrected chi connectivity index (χ4v) is 4.03. The van der Waals surface area contributed by atoms with E-state index in [1.54, 1.807) is 55.6 Å². The molecule has 0 unspecified atom stereocenters. The number of rotatable bonds is 10. The Kier molecular flexibility index (Phi) is 8.15. The summed E-state index contributed by atoms with van der Waals surface area (Å²) in [5.74, 6) is -0.0446. The number of para-hydroxylation sites is 1. The second kappa shape index (κ2) is 11.9. The molecule has 1 heterocycles. The van der Waals surface area contributed by atoms with Crippen LogP contribution in [0.2, 0.25) is 0 Å². The summed E-state index contributed by atoms with van der Waals surface area (Å²) in [7, 11) is 1.55. The van der Waals surface area contributed by atoms with E-state index in [9.17, 15) is 19.2 Å². The monoisotopic (exact) mass is 500 g/mol. The topological polar surface area (TPSA) is 111 Å². The average molecular weight is 501 g/mol. The Hall–Kier alpha value is -4.66. The molecule has 0 aliphatic heterocycles. The zero-order chi connectivity index (χ0) is 26.2. The summed E-state index contributed by atoms with van der Waals surface area (Å²) in [5, 5.41) is 5.87. The molecule has 4 aromatic rings. The number of aromatic nitrogens is 2. The van der Waals surface area contributed by atoms with Crippen molar-refractivity contribution in [2.45, 2.75) is 25.9 Å². The third-order valence-corrected chi connectivity index (χ3v) is 5.95. The molecule has 0 saturated carbocycles. The molecule has 2 amide bonds. The predicted molar refractivity (Wildman–Crippen MR) is 142 cm³/mol. The molecule has 2 N–H and O–H groups in total. The number of ether oxygens (including phenoxy) is 1. The van der Waals surface area contributed by atoms with Gasteiger partial charge in [-0.1, -0.05) is 42.5 Å². The van der Waals surface area contributed by atoms with Gasteiger partial charge in [0.15, 0.2) is 0 Å². The van der Waals surface area contributed by atoms with Gasteiger partial charge in [0, 0.05) is 25.2 Å². The smallest absolute Gasteiger partial charge is 0.331 e. The number of nitrogens with zero attached hydrogens (tertiary/aromatic N) is 2. The van der Waals surface area contributed by atoms with Gasteiger partial charge in [-0.25, -0.2) is 4.79 Å². The van der Waals surface area contributed by atoms with Crippen molar-refractivity contribution in [3.05, 3.63) is 105 Å². The Morgan fingerprint density at radius 3 is 2.27 bits per heavy atom. The van der Waals surface area contributed by atoms with Crippen LogP contribution in [0.25, 0.3) is 10.9 Å². The zero-order valence-electron chi connectivity index (χ0n) is 20.5. The van der Waals surface area contributed by atoms with Gasteiger partial charge in [-0.2, -0.15) is 0 Å². The molecule has 1 aromatic heterocycles. The summed E-state index contributed by atoms with van der Waals surface area (Å²) >= 11 is 0. The molecule has 9 nitrogen and oxygen atoms in total. The van der Waals surface area contributed by atoms with Gasteiger partial charge in [0.2, 0.25) is 11.8 Å². The fraction of sp³-hybridized carbons (Fsp3) is 0.214. The third kappa shape index (κ3) is 6.32. The molecule has 4 rings (SSSR count). The normalized spacial score (nSPS) is 10.7. The average Bonchev–Trinajstić information content (AvgIpc) is 2.92. The maximum atomic E-state index is 13.3. The number of benzene rings is 3. The van der Waals surface area contributed by atoms with Crippen molar-refractivity contribution in [1.29, 1.82) is 0 Å². The molecule has 37 heavy (non-hydrogen) atoms. The van der Waals surface area contributed by atoms with Gasteiger partial charge in [0.1, 0.15) is 12.3 Å². The van der Waals surface area contributed by atoms with Crippen LogP contribution < -0.4 is 26.6 Å². The lowest BCUT2D eigenvalue weighted by molar-refractivity contribution is -0.121. The fourth-order valence-electron chi connectivity index (χ4n) is 4.03. The van der Waals surface area contributed by atoms with Gasteiger partial charge in [-0.3, -0.25) is 23.5 Å². The standard InChI is InChI=1S/C28H28N4O5/c1-37-22-13-11-21(12-14-22)30-26(34)19-32-24-10-6-5-9-23(24)27(35)31(28(32)36)18-16-25(33)29-17-15-20-7-3-2-4-8-20/h2-14H,15-19H2,1H3,(H,29,33)(H,30,34). The van der Waals surface area contributed by atoms with Gasteiger partial charge in [-0.05, 0) is 48.4 Å². The number of fused-ring (bicyclic) bond motifs is 1. The lowest BCUT2D eigenvalue weighted by atomic mass is 10.1. The zero-order valence-corrected chi connectivity index (χ0v) is 20.5. The predicted octanol–water partition coefficient (Wildman–Crippen LogP) is 2.56. The van der Waals surface area contributed by atoms with Crippen LogP contribution in [-0.4, -0.2) is 34.6 Å². The van der Waals surface area contributed by atoms with Crippen LogP contribution >= 0.6 is 0 Å². The molecule has 0 saturated heterocycles. The van der Waals surface area contributed by atoms with Crippen molar-refractivity contribution in [3.8, 4) is 5.75 Å². The van der Waals surface area contributed by atoms with E-state index in [2.05, 4.69) is 10.6 Å². The van der Waals surface area contributed by atoms with E-state index in [-0.39, 0.29) is 25.4 Å². The maximum Gasteiger partial charge on any atom is 0.331 e. The van der Waals surface area contributed by atoms with Crippen LogP contribution in [0.5, 0.6) is 5.75 Å². The summed E-state index contributed by atoms with van der Waals surface area (Å²) in [5.41, 5.74) is 0.856. The van der Waals surface area contributed by atoms with Crippen molar-refractivity contribution in [2.24, 2.45) is 0 Å². The molecule has 9 heteroatoms. The molecule has 0 bridgehead atoms. The molecule has 3 aromatic carbocycles. The number of nitrogens with one attached hydrogen (secondary N) is 2. The van der Waals surface area contributed by atoms with Crippen LogP contribution in [0.3, 0.4) is 0 Å². The Balaban J connectivity index is 1.48. The molecule has 0 atom stereocenters. The Morgan fingerprint density at radius 2 is 1.54 bits per heavy atom. The molecular formula is C28H28N4O5. The van der Waals surface area contributed by atoms with E-state index in [4.69, 9.17) is 4.74 Å². The molecule has 0 aliphatic rings. The Morgan fingerprint density at radius 1 is 0.838 bits per heavy atom. The number of hydrogen-bond donors (Lipinski definition) is 2. The van der Waals surface area contributed by atoms with Crippen molar-refractivity contribution < 1.29 is 14.3 Å². The van der Waals surface area contributed by atoms with E-state index in [1.807, 2.05) is 30.3 Å². The second-order valence-electron chi connectivity index (χ2n) is 8.45. The molecule has 190 valence electrons. The minimum atomic E-state index is -0.648. The lowest BCUT2D eigenvalue weighted by Crippen LogP contribution is -2.42. The van der Waals surface area contributed by atoms with Crippen molar-refractivity contribution >= 4 is 28.4 Å². The van der Waals surface area contributed by atoms with Crippen LogP contribution in [0.4, 0.5) is 5.69 Å². The molecule has 0 spiro atoms. The SMILES string of the molecule is COc1ccc(NC(=O)Cn2c(=O)n(CCC(=O)NCCc3ccccc3)c(=O)c3ccccc32)cc1. The molecule has 0 fully saturated rings. The Labute approximate surface area is 213 Å². The minimum Gasteiger partial charge on any atom is -0.497 e. The number of methoxy groups -OCH3 is 1. The van der Waals surface area contributed by atoms with E-state index >= 15 is 0 Å². The first-order chi connectivity index (χ1) is 18.0. The number of carbonyl (C=O) groups excluding carboxylic acids is 2. The van der Waals surface area contributed by atoms with Gasteiger partial charge in [-0.15, -0.1) is 0 Å². The first kappa shape index (κ1) is 25.4. The highest BCUT2D eigenvalue weighted by molar-refractivity contribution is 5.91. The largest absolute Gasteiger partial charge is 0.497 e.